The van der Waals surface area contributed by atoms with Gasteiger partial charge in [0.05, 0.1) is 5.69 Å². The lowest BCUT2D eigenvalue weighted by Gasteiger charge is -2.30. The fourth-order valence-electron chi connectivity index (χ4n) is 2.56. The van der Waals surface area contributed by atoms with E-state index in [0.29, 0.717) is 37.2 Å². The molecule has 1 heterocycles. The first-order valence-corrected chi connectivity index (χ1v) is 8.94. The van der Waals surface area contributed by atoms with Crippen molar-refractivity contribution in [3.05, 3.63) is 29.8 Å². The highest BCUT2D eigenvalue weighted by Gasteiger charge is 2.27. The van der Waals surface area contributed by atoms with E-state index in [1.54, 1.807) is 6.07 Å². The number of hydrogen-bond donors (Lipinski definition) is 2. The van der Waals surface area contributed by atoms with Crippen LogP contribution in [0.25, 0.3) is 0 Å². The summed E-state index contributed by atoms with van der Waals surface area (Å²) in [5.41, 5.74) is 7.39. The highest BCUT2D eigenvalue weighted by Crippen LogP contribution is 2.22. The van der Waals surface area contributed by atoms with Gasteiger partial charge in [-0.15, -0.1) is 0 Å². The van der Waals surface area contributed by atoms with Crippen molar-refractivity contribution in [1.82, 2.24) is 4.31 Å². The van der Waals surface area contributed by atoms with Crippen molar-refractivity contribution in [2.24, 2.45) is 11.7 Å². The van der Waals surface area contributed by atoms with Crippen molar-refractivity contribution in [1.29, 1.82) is 0 Å². The molecule has 1 aliphatic rings. The fourth-order valence-corrected chi connectivity index (χ4v) is 3.81. The second kappa shape index (κ2) is 6.77. The molecule has 0 saturated carbocycles. The summed E-state index contributed by atoms with van der Waals surface area (Å²) in [5.74, 6) is 0.815. The molecule has 1 saturated heterocycles. The molecule has 1 aliphatic heterocycles. The van der Waals surface area contributed by atoms with E-state index in [1.807, 2.05) is 18.2 Å². The van der Waals surface area contributed by atoms with Crippen LogP contribution < -0.4 is 10.5 Å². The summed E-state index contributed by atoms with van der Waals surface area (Å²) in [4.78, 5) is 0. The summed E-state index contributed by atoms with van der Waals surface area (Å²) in [6, 6.07) is 7.58. The van der Waals surface area contributed by atoms with Crippen LogP contribution in [-0.4, -0.2) is 32.4 Å². The van der Waals surface area contributed by atoms with Gasteiger partial charge in [-0.2, -0.15) is 12.7 Å². The summed E-state index contributed by atoms with van der Waals surface area (Å²) in [5, 5.41) is 0. The summed E-state index contributed by atoms with van der Waals surface area (Å²) >= 11 is 0. The molecule has 2 rings (SSSR count). The van der Waals surface area contributed by atoms with Crippen molar-refractivity contribution in [2.75, 3.05) is 24.4 Å². The standard InChI is InChI=1S/C15H25N3O2S/c1-12(2)14-4-3-5-15(10-14)17-21(19,20)18-8-6-13(11-16)7-9-18/h3-5,10,12-13,17H,6-9,11,16H2,1-2H3. The van der Waals surface area contributed by atoms with Gasteiger partial charge in [-0.1, -0.05) is 26.0 Å². The minimum atomic E-state index is -3.47. The van der Waals surface area contributed by atoms with Gasteiger partial charge in [0.15, 0.2) is 0 Å². The first-order valence-electron chi connectivity index (χ1n) is 7.50. The van der Waals surface area contributed by atoms with E-state index in [2.05, 4.69) is 18.6 Å². The fraction of sp³-hybridized carbons (Fsp3) is 0.600. The number of rotatable bonds is 5. The molecule has 0 atom stereocenters. The predicted octanol–water partition coefficient (Wildman–Crippen LogP) is 2.14. The average Bonchev–Trinajstić information content (AvgIpc) is 2.47. The first-order chi connectivity index (χ1) is 9.92. The highest BCUT2D eigenvalue weighted by atomic mass is 32.2. The third-order valence-electron chi connectivity index (χ3n) is 4.05. The lowest BCUT2D eigenvalue weighted by molar-refractivity contribution is 0.280. The Balaban J connectivity index is 2.06. The molecule has 6 heteroatoms. The van der Waals surface area contributed by atoms with E-state index < -0.39 is 10.2 Å². The molecule has 0 bridgehead atoms. The number of anilines is 1. The van der Waals surface area contributed by atoms with Gasteiger partial charge >= 0.3 is 10.2 Å². The highest BCUT2D eigenvalue weighted by molar-refractivity contribution is 7.90. The number of hydrogen-bond acceptors (Lipinski definition) is 3. The molecule has 5 nitrogen and oxygen atoms in total. The third kappa shape index (κ3) is 4.18. The van der Waals surface area contributed by atoms with Crippen LogP contribution in [0.2, 0.25) is 0 Å². The zero-order valence-corrected chi connectivity index (χ0v) is 13.6. The van der Waals surface area contributed by atoms with Gasteiger partial charge in [0.25, 0.3) is 0 Å². The Hall–Kier alpha value is -1.11. The van der Waals surface area contributed by atoms with Gasteiger partial charge in [0.2, 0.25) is 0 Å². The molecule has 0 aromatic heterocycles. The maximum Gasteiger partial charge on any atom is 0.301 e. The number of benzene rings is 1. The minimum absolute atomic E-state index is 0.370. The van der Waals surface area contributed by atoms with Gasteiger partial charge < -0.3 is 5.73 Å². The van der Waals surface area contributed by atoms with Gasteiger partial charge in [-0.05, 0) is 48.9 Å². The third-order valence-corrected chi connectivity index (χ3v) is 5.59. The van der Waals surface area contributed by atoms with E-state index in [4.69, 9.17) is 5.73 Å². The molecule has 118 valence electrons. The Labute approximate surface area is 127 Å². The van der Waals surface area contributed by atoms with Crippen LogP contribution in [0.1, 0.15) is 38.2 Å². The first kappa shape index (κ1) is 16.3. The molecule has 0 aliphatic carbocycles. The molecule has 21 heavy (non-hydrogen) atoms. The summed E-state index contributed by atoms with van der Waals surface area (Å²) < 4.78 is 29.0. The second-order valence-electron chi connectivity index (χ2n) is 5.97. The van der Waals surface area contributed by atoms with Crippen LogP contribution >= 0.6 is 0 Å². The molecule has 0 unspecified atom stereocenters. The van der Waals surface area contributed by atoms with Crippen LogP contribution in [0.4, 0.5) is 5.69 Å². The zero-order chi connectivity index (χ0) is 15.5. The predicted molar refractivity (Wildman–Crippen MR) is 86.4 cm³/mol. The molecular weight excluding hydrogens is 286 g/mol. The number of nitrogens with one attached hydrogen (secondary N) is 1. The molecule has 1 aromatic carbocycles. The summed E-state index contributed by atoms with van der Waals surface area (Å²) in [6.45, 7) is 5.90. The lowest BCUT2D eigenvalue weighted by Crippen LogP contribution is -2.42. The van der Waals surface area contributed by atoms with Crippen molar-refractivity contribution < 1.29 is 8.42 Å². The summed E-state index contributed by atoms with van der Waals surface area (Å²) in [6.07, 6.45) is 1.67. The normalized spacial score (nSPS) is 18.1. The molecule has 0 amide bonds. The van der Waals surface area contributed by atoms with E-state index >= 15 is 0 Å². The topological polar surface area (TPSA) is 75.4 Å². The van der Waals surface area contributed by atoms with Crippen LogP contribution in [0, 0.1) is 5.92 Å². The Morgan fingerprint density at radius 2 is 2.00 bits per heavy atom. The van der Waals surface area contributed by atoms with E-state index in [9.17, 15) is 8.42 Å². The maximum absolute atomic E-state index is 12.4. The molecule has 1 fully saturated rings. The quantitative estimate of drug-likeness (QED) is 0.875. The molecule has 0 spiro atoms. The molecule has 3 N–H and O–H groups in total. The second-order valence-corrected chi connectivity index (χ2v) is 7.64. The van der Waals surface area contributed by atoms with E-state index in [-0.39, 0.29) is 0 Å². The molecular formula is C15H25N3O2S. The molecule has 1 aromatic rings. The van der Waals surface area contributed by atoms with E-state index in [0.717, 1.165) is 18.4 Å². The lowest BCUT2D eigenvalue weighted by atomic mass is 9.99. The number of nitrogens with two attached hydrogens (primary N) is 1. The average molecular weight is 311 g/mol. The van der Waals surface area contributed by atoms with Gasteiger partial charge in [-0.25, -0.2) is 0 Å². The smallest absolute Gasteiger partial charge is 0.301 e. The number of piperidine rings is 1. The van der Waals surface area contributed by atoms with Crippen molar-refractivity contribution in [3.63, 3.8) is 0 Å². The Morgan fingerprint density at radius 3 is 2.57 bits per heavy atom. The van der Waals surface area contributed by atoms with Gasteiger partial charge in [-0.3, -0.25) is 4.72 Å². The van der Waals surface area contributed by atoms with E-state index in [1.165, 1.54) is 4.31 Å². The van der Waals surface area contributed by atoms with Crippen molar-refractivity contribution >= 4 is 15.9 Å². The Bertz CT molecular complexity index is 564. The maximum atomic E-state index is 12.4. The zero-order valence-electron chi connectivity index (χ0n) is 12.7. The van der Waals surface area contributed by atoms with Gasteiger partial charge in [0.1, 0.15) is 0 Å². The molecule has 0 radical (unpaired) electrons. The SMILES string of the molecule is CC(C)c1cccc(NS(=O)(=O)N2CCC(CN)CC2)c1. The minimum Gasteiger partial charge on any atom is -0.330 e. The Kier molecular flexibility index (Phi) is 5.24. The van der Waals surface area contributed by atoms with Crippen LogP contribution in [-0.2, 0) is 10.2 Å². The van der Waals surface area contributed by atoms with Crippen molar-refractivity contribution in [3.8, 4) is 0 Å². The van der Waals surface area contributed by atoms with Crippen LogP contribution in [0.15, 0.2) is 24.3 Å². The van der Waals surface area contributed by atoms with Crippen LogP contribution in [0.5, 0.6) is 0 Å². The Morgan fingerprint density at radius 1 is 1.33 bits per heavy atom. The monoisotopic (exact) mass is 311 g/mol. The largest absolute Gasteiger partial charge is 0.330 e. The number of nitrogens with zero attached hydrogens (tertiary/aromatic N) is 1. The summed E-state index contributed by atoms with van der Waals surface area (Å²) in [7, 11) is -3.47. The van der Waals surface area contributed by atoms with Crippen LogP contribution in [0.3, 0.4) is 0 Å². The van der Waals surface area contributed by atoms with Crippen molar-refractivity contribution in [2.45, 2.75) is 32.6 Å². The van der Waals surface area contributed by atoms with Gasteiger partial charge in [0, 0.05) is 13.1 Å².